The van der Waals surface area contributed by atoms with E-state index in [4.69, 9.17) is 11.6 Å². The van der Waals surface area contributed by atoms with Crippen molar-refractivity contribution in [2.45, 2.75) is 0 Å². The molecule has 1 aromatic carbocycles. The number of amides is 2. The van der Waals surface area contributed by atoms with Gasteiger partial charge in [0.25, 0.3) is 5.91 Å². The van der Waals surface area contributed by atoms with Crippen LogP contribution in [-0.4, -0.2) is 49.9 Å². The second-order valence-electron chi connectivity index (χ2n) is 4.27. The summed E-state index contributed by atoms with van der Waals surface area (Å²) in [5.74, 6) is -2.78. The fourth-order valence-electron chi connectivity index (χ4n) is 1.25. The molecule has 21 heavy (non-hydrogen) atoms. The fraction of sp³-hybridized carbons (Fsp3) is 0.308. The maximum atomic E-state index is 13.4. The summed E-state index contributed by atoms with van der Waals surface area (Å²) < 4.78 is 18.0. The lowest BCUT2D eigenvalue weighted by Crippen LogP contribution is -2.38. The van der Waals surface area contributed by atoms with E-state index >= 15 is 0 Å². The molecule has 0 bridgehead atoms. The highest BCUT2D eigenvalue weighted by molar-refractivity contribution is 6.30. The summed E-state index contributed by atoms with van der Waals surface area (Å²) in [5, 5.41) is 2.44. The number of rotatable bonds is 5. The lowest BCUT2D eigenvalue weighted by molar-refractivity contribution is -0.131. The Balaban J connectivity index is 2.48. The molecule has 1 aromatic rings. The van der Waals surface area contributed by atoms with Gasteiger partial charge in [0, 0.05) is 19.1 Å². The molecule has 8 heteroatoms. The lowest BCUT2D eigenvalue weighted by atomic mass is 10.2. The van der Waals surface area contributed by atoms with Gasteiger partial charge in [-0.05, 0) is 18.2 Å². The van der Waals surface area contributed by atoms with Crippen LogP contribution in [0.1, 0.15) is 10.4 Å². The van der Waals surface area contributed by atoms with E-state index in [-0.39, 0.29) is 23.0 Å². The van der Waals surface area contributed by atoms with Crippen molar-refractivity contribution in [1.29, 1.82) is 0 Å². The Morgan fingerprint density at radius 3 is 2.62 bits per heavy atom. The van der Waals surface area contributed by atoms with Crippen molar-refractivity contribution in [2.75, 3.05) is 27.2 Å². The Morgan fingerprint density at radius 1 is 1.33 bits per heavy atom. The first-order valence-corrected chi connectivity index (χ1v) is 6.28. The van der Waals surface area contributed by atoms with Crippen molar-refractivity contribution in [3.8, 4) is 0 Å². The van der Waals surface area contributed by atoms with Crippen molar-refractivity contribution in [3.63, 3.8) is 0 Å². The van der Waals surface area contributed by atoms with Crippen LogP contribution in [0, 0.1) is 5.82 Å². The monoisotopic (exact) mass is 316 g/mol. The number of benzene rings is 1. The largest absolute Gasteiger partial charge is 0.452 e. The number of nitrogens with one attached hydrogen (secondary N) is 1. The van der Waals surface area contributed by atoms with Gasteiger partial charge in [0.1, 0.15) is 5.82 Å². The number of hydrogen-bond acceptors (Lipinski definition) is 4. The van der Waals surface area contributed by atoms with Crippen molar-refractivity contribution < 1.29 is 23.5 Å². The van der Waals surface area contributed by atoms with E-state index in [0.717, 1.165) is 12.1 Å². The molecular weight excluding hydrogens is 303 g/mol. The molecule has 1 N–H and O–H groups in total. The zero-order valence-corrected chi connectivity index (χ0v) is 12.2. The van der Waals surface area contributed by atoms with Gasteiger partial charge in [0.15, 0.2) is 6.61 Å². The molecule has 0 saturated heterocycles. The van der Waals surface area contributed by atoms with E-state index in [1.165, 1.54) is 25.1 Å². The number of likely N-dealkylation sites (N-methyl/N-ethyl adjacent to an activating group) is 1. The minimum absolute atomic E-state index is 0.171. The van der Waals surface area contributed by atoms with E-state index in [2.05, 4.69) is 10.1 Å². The second-order valence-corrected chi connectivity index (χ2v) is 4.70. The van der Waals surface area contributed by atoms with Crippen LogP contribution >= 0.6 is 11.6 Å². The van der Waals surface area contributed by atoms with Crippen LogP contribution in [0.2, 0.25) is 5.02 Å². The summed E-state index contributed by atoms with van der Waals surface area (Å²) in [6, 6.07) is 3.41. The number of esters is 1. The molecule has 0 aliphatic heterocycles. The average Bonchev–Trinajstić information content (AvgIpc) is 2.44. The Kier molecular flexibility index (Phi) is 6.10. The number of nitrogens with zero attached hydrogens (tertiary/aromatic N) is 1. The third kappa shape index (κ3) is 5.39. The molecule has 0 unspecified atom stereocenters. The van der Waals surface area contributed by atoms with E-state index in [9.17, 15) is 18.8 Å². The molecule has 0 radical (unpaired) electrons. The Labute approximate surface area is 125 Å². The van der Waals surface area contributed by atoms with Crippen LogP contribution in [0.15, 0.2) is 18.2 Å². The highest BCUT2D eigenvalue weighted by atomic mass is 35.5. The number of ether oxygens (including phenoxy) is 1. The topological polar surface area (TPSA) is 75.7 Å². The summed E-state index contributed by atoms with van der Waals surface area (Å²) in [6.45, 7) is -0.833. The third-order valence-electron chi connectivity index (χ3n) is 2.42. The van der Waals surface area contributed by atoms with Gasteiger partial charge in [-0.3, -0.25) is 9.59 Å². The average molecular weight is 317 g/mol. The van der Waals surface area contributed by atoms with Gasteiger partial charge in [-0.2, -0.15) is 0 Å². The highest BCUT2D eigenvalue weighted by Crippen LogP contribution is 2.15. The number of carbonyl (C=O) groups is 3. The number of hydrogen-bond donors (Lipinski definition) is 1. The van der Waals surface area contributed by atoms with Crippen LogP contribution in [-0.2, 0) is 14.3 Å². The molecular formula is C13H14ClFN2O4. The normalized spacial score (nSPS) is 9.90. The molecule has 0 aliphatic carbocycles. The summed E-state index contributed by atoms with van der Waals surface area (Å²) in [5.41, 5.74) is -0.361. The summed E-state index contributed by atoms with van der Waals surface area (Å²) in [7, 11) is 3.08. The maximum absolute atomic E-state index is 13.4. The van der Waals surface area contributed by atoms with Crippen molar-refractivity contribution in [1.82, 2.24) is 10.2 Å². The van der Waals surface area contributed by atoms with Gasteiger partial charge in [0.2, 0.25) is 5.91 Å². The quantitative estimate of drug-likeness (QED) is 0.817. The first-order valence-electron chi connectivity index (χ1n) is 5.90. The Bertz CT molecular complexity index is 563. The minimum atomic E-state index is -1.01. The first-order chi connectivity index (χ1) is 9.81. The van der Waals surface area contributed by atoms with Gasteiger partial charge < -0.3 is 15.0 Å². The predicted octanol–water partition coefficient (Wildman–Crippen LogP) is 0.840. The van der Waals surface area contributed by atoms with Crippen LogP contribution in [0.3, 0.4) is 0 Å². The van der Waals surface area contributed by atoms with Crippen LogP contribution in [0.4, 0.5) is 4.39 Å². The summed E-state index contributed by atoms with van der Waals surface area (Å²) in [6.07, 6.45) is 0. The van der Waals surface area contributed by atoms with Crippen molar-refractivity contribution in [2.24, 2.45) is 0 Å². The molecule has 114 valence electrons. The Morgan fingerprint density at radius 2 is 2.00 bits per heavy atom. The smallest absolute Gasteiger partial charge is 0.341 e. The molecule has 0 fully saturated rings. The van der Waals surface area contributed by atoms with Crippen LogP contribution < -0.4 is 5.32 Å². The van der Waals surface area contributed by atoms with Gasteiger partial charge in [-0.15, -0.1) is 0 Å². The molecule has 0 saturated carbocycles. The molecule has 0 aromatic heterocycles. The molecule has 1 rings (SSSR count). The zero-order chi connectivity index (χ0) is 16.0. The summed E-state index contributed by atoms with van der Waals surface area (Å²) in [4.78, 5) is 35.5. The maximum Gasteiger partial charge on any atom is 0.341 e. The molecule has 0 spiro atoms. The van der Waals surface area contributed by atoms with E-state index in [1.54, 1.807) is 0 Å². The molecule has 0 heterocycles. The fourth-order valence-corrected chi connectivity index (χ4v) is 1.42. The minimum Gasteiger partial charge on any atom is -0.452 e. The van der Waals surface area contributed by atoms with Crippen molar-refractivity contribution >= 4 is 29.4 Å². The van der Waals surface area contributed by atoms with Gasteiger partial charge in [-0.1, -0.05) is 11.6 Å². The summed E-state index contributed by atoms with van der Waals surface area (Å²) >= 11 is 5.64. The van der Waals surface area contributed by atoms with Crippen molar-refractivity contribution in [3.05, 3.63) is 34.6 Å². The first kappa shape index (κ1) is 16.9. The van der Waals surface area contributed by atoms with Gasteiger partial charge in [-0.25, -0.2) is 9.18 Å². The van der Waals surface area contributed by atoms with E-state index in [0.29, 0.717) is 0 Å². The van der Waals surface area contributed by atoms with Gasteiger partial charge in [0.05, 0.1) is 12.1 Å². The number of carbonyl (C=O) groups excluding carboxylic acids is 3. The van der Waals surface area contributed by atoms with Gasteiger partial charge >= 0.3 is 5.97 Å². The second kappa shape index (κ2) is 7.58. The predicted molar refractivity (Wildman–Crippen MR) is 73.4 cm³/mol. The van der Waals surface area contributed by atoms with E-state index in [1.807, 2.05) is 0 Å². The van der Waals surface area contributed by atoms with Crippen LogP contribution in [0.25, 0.3) is 0 Å². The SMILES string of the molecule is CN(C)C(=O)CNC(=O)COC(=O)c1cc(Cl)ccc1F. The highest BCUT2D eigenvalue weighted by Gasteiger charge is 2.15. The zero-order valence-electron chi connectivity index (χ0n) is 11.5. The molecule has 0 aliphatic rings. The lowest BCUT2D eigenvalue weighted by Gasteiger charge is -2.11. The third-order valence-corrected chi connectivity index (χ3v) is 2.65. The standard InChI is InChI=1S/C13H14ClFN2O4/c1-17(2)12(19)6-16-11(18)7-21-13(20)9-5-8(14)3-4-10(9)15/h3-5H,6-7H2,1-2H3,(H,16,18). The van der Waals surface area contributed by atoms with Crippen LogP contribution in [0.5, 0.6) is 0 Å². The molecule has 2 amide bonds. The molecule has 6 nitrogen and oxygen atoms in total. The number of halogens is 2. The molecule has 0 atom stereocenters. The Hall–Kier alpha value is -2.15. The van der Waals surface area contributed by atoms with E-state index < -0.39 is 24.3 Å².